The summed E-state index contributed by atoms with van der Waals surface area (Å²) in [6.07, 6.45) is 0.388. The van der Waals surface area contributed by atoms with Crippen molar-refractivity contribution in [3.63, 3.8) is 0 Å². The van der Waals surface area contributed by atoms with E-state index in [0.29, 0.717) is 30.2 Å². The molecule has 1 saturated heterocycles. The molecular weight excluding hydrogens is 382 g/mol. The summed E-state index contributed by atoms with van der Waals surface area (Å²) in [5.74, 6) is 7.86. The normalized spacial score (nSPS) is 18.9. The third-order valence-electron chi connectivity index (χ3n) is 5.08. The van der Waals surface area contributed by atoms with Gasteiger partial charge in [-0.3, -0.25) is 4.90 Å². The third kappa shape index (κ3) is 5.90. The van der Waals surface area contributed by atoms with Crippen LogP contribution in [0.5, 0.6) is 17.2 Å². The average molecular weight is 411 g/mol. The monoisotopic (exact) mass is 411 g/mol. The zero-order valence-corrected chi connectivity index (χ0v) is 17.5. The Kier molecular flexibility index (Phi) is 7.97. The summed E-state index contributed by atoms with van der Waals surface area (Å²) in [7, 11) is 3.18. The molecule has 160 valence electrons. The predicted octanol–water partition coefficient (Wildman–Crippen LogP) is 2.45. The maximum atomic E-state index is 10.6. The molecule has 0 spiro atoms. The van der Waals surface area contributed by atoms with E-state index in [2.05, 4.69) is 28.9 Å². The Morgan fingerprint density at radius 1 is 1.07 bits per heavy atom. The van der Waals surface area contributed by atoms with Crippen LogP contribution in [-0.2, 0) is 6.54 Å². The number of hydrogen-bond donors (Lipinski definition) is 2. The van der Waals surface area contributed by atoms with Gasteiger partial charge >= 0.3 is 0 Å². The number of rotatable bonds is 7. The minimum Gasteiger partial charge on any atom is -0.493 e. The Labute approximate surface area is 178 Å². The lowest BCUT2D eigenvalue weighted by Crippen LogP contribution is -2.48. The lowest BCUT2D eigenvalue weighted by Gasteiger charge is -2.36. The zero-order valence-electron chi connectivity index (χ0n) is 17.5. The first-order chi connectivity index (χ1) is 14.6. The van der Waals surface area contributed by atoms with Gasteiger partial charge in [0.1, 0.15) is 18.0 Å². The van der Waals surface area contributed by atoms with Crippen LogP contribution < -0.4 is 14.2 Å². The summed E-state index contributed by atoms with van der Waals surface area (Å²) in [6, 6.07) is 13.5. The summed E-state index contributed by atoms with van der Waals surface area (Å²) in [4.78, 5) is 2.23. The zero-order chi connectivity index (χ0) is 21.3. The molecule has 1 aliphatic heterocycles. The number of β-amino-alcohol motifs (C(OH)–C–C–N with tert-alkyl or cyclic N) is 1. The molecule has 2 aromatic rings. The summed E-state index contributed by atoms with van der Waals surface area (Å²) in [5, 5.41) is 19.4. The Balaban J connectivity index is 1.53. The first-order valence-corrected chi connectivity index (χ1v) is 10.1. The lowest BCUT2D eigenvalue weighted by molar-refractivity contribution is -0.0275. The SMILES string of the molecule is COc1ccc(O[C@@H]2CCN(Cc3ccc(C#CCCO)cc3)C[C@H]2O)cc1OC. The van der Waals surface area contributed by atoms with Gasteiger partial charge in [0.05, 0.1) is 20.8 Å². The predicted molar refractivity (Wildman–Crippen MR) is 115 cm³/mol. The topological polar surface area (TPSA) is 71.4 Å². The highest BCUT2D eigenvalue weighted by molar-refractivity contribution is 5.45. The van der Waals surface area contributed by atoms with Gasteiger partial charge in [0.15, 0.2) is 11.5 Å². The highest BCUT2D eigenvalue weighted by Crippen LogP contribution is 2.32. The van der Waals surface area contributed by atoms with Crippen LogP contribution in [0.3, 0.4) is 0 Å². The molecule has 2 N–H and O–H groups in total. The van der Waals surface area contributed by atoms with Crippen LogP contribution in [-0.4, -0.2) is 61.2 Å². The van der Waals surface area contributed by atoms with E-state index >= 15 is 0 Å². The minimum atomic E-state index is -0.574. The van der Waals surface area contributed by atoms with Crippen molar-refractivity contribution in [2.45, 2.75) is 31.6 Å². The van der Waals surface area contributed by atoms with E-state index in [1.807, 2.05) is 18.2 Å². The number of ether oxygens (including phenoxy) is 3. The second-order valence-electron chi connectivity index (χ2n) is 7.24. The number of aliphatic hydroxyl groups excluding tert-OH is 2. The fraction of sp³-hybridized carbons (Fsp3) is 0.417. The second-order valence-corrected chi connectivity index (χ2v) is 7.24. The maximum Gasteiger partial charge on any atom is 0.164 e. The molecule has 2 aromatic carbocycles. The summed E-state index contributed by atoms with van der Waals surface area (Å²) in [5.41, 5.74) is 2.11. The van der Waals surface area contributed by atoms with E-state index in [4.69, 9.17) is 19.3 Å². The van der Waals surface area contributed by atoms with Crippen molar-refractivity contribution in [3.05, 3.63) is 53.6 Å². The highest BCUT2D eigenvalue weighted by Gasteiger charge is 2.29. The molecule has 1 heterocycles. The maximum absolute atomic E-state index is 10.6. The number of methoxy groups -OCH3 is 2. The van der Waals surface area contributed by atoms with Crippen molar-refractivity contribution in [2.75, 3.05) is 33.9 Å². The number of piperidine rings is 1. The molecule has 3 rings (SSSR count). The van der Waals surface area contributed by atoms with Gasteiger partial charge in [0.2, 0.25) is 0 Å². The first-order valence-electron chi connectivity index (χ1n) is 10.1. The van der Waals surface area contributed by atoms with Crippen molar-refractivity contribution in [1.82, 2.24) is 4.90 Å². The molecule has 6 nitrogen and oxygen atoms in total. The molecule has 0 amide bonds. The van der Waals surface area contributed by atoms with Crippen molar-refractivity contribution < 1.29 is 24.4 Å². The molecular formula is C24H29NO5. The first kappa shape index (κ1) is 22.0. The molecule has 2 atom stereocenters. The van der Waals surface area contributed by atoms with Crippen molar-refractivity contribution >= 4 is 0 Å². The fourth-order valence-electron chi connectivity index (χ4n) is 3.49. The van der Waals surface area contributed by atoms with Gasteiger partial charge < -0.3 is 24.4 Å². The number of aliphatic hydroxyl groups is 2. The van der Waals surface area contributed by atoms with Crippen LogP contribution in [0.1, 0.15) is 24.0 Å². The van der Waals surface area contributed by atoms with Crippen molar-refractivity contribution in [2.24, 2.45) is 0 Å². The molecule has 0 saturated carbocycles. The van der Waals surface area contributed by atoms with Crippen molar-refractivity contribution in [1.29, 1.82) is 0 Å². The van der Waals surface area contributed by atoms with Gasteiger partial charge in [-0.25, -0.2) is 0 Å². The lowest BCUT2D eigenvalue weighted by atomic mass is 10.0. The van der Waals surface area contributed by atoms with Crippen molar-refractivity contribution in [3.8, 4) is 29.1 Å². The standard InChI is InChI=1S/C24H29NO5/c1-28-23-11-10-20(15-24(23)29-2)30-22-12-13-25(17-21(22)27)16-19-8-6-18(7-9-19)5-3-4-14-26/h6-11,15,21-22,26-27H,4,12-14,16-17H2,1-2H3/t21-,22-/m1/s1. The van der Waals surface area contributed by atoms with Crippen LogP contribution in [0.15, 0.2) is 42.5 Å². The molecule has 1 fully saturated rings. The number of benzene rings is 2. The smallest absolute Gasteiger partial charge is 0.164 e. The summed E-state index contributed by atoms with van der Waals surface area (Å²) in [6.45, 7) is 2.24. The van der Waals surface area contributed by atoms with Crippen LogP contribution in [0.4, 0.5) is 0 Å². The quantitative estimate of drug-likeness (QED) is 0.682. The largest absolute Gasteiger partial charge is 0.493 e. The van der Waals surface area contributed by atoms with Gasteiger partial charge in [0, 0.05) is 37.7 Å². The fourth-order valence-corrected chi connectivity index (χ4v) is 3.49. The van der Waals surface area contributed by atoms with Gasteiger partial charge in [-0.15, -0.1) is 0 Å². The molecule has 0 aromatic heterocycles. The van der Waals surface area contributed by atoms with Crippen LogP contribution >= 0.6 is 0 Å². The molecule has 0 unspecified atom stereocenters. The Bertz CT molecular complexity index is 871. The molecule has 0 bridgehead atoms. The Hall–Kier alpha value is -2.72. The third-order valence-corrected chi connectivity index (χ3v) is 5.08. The molecule has 0 aliphatic carbocycles. The summed E-state index contributed by atoms with van der Waals surface area (Å²) < 4.78 is 16.6. The molecule has 30 heavy (non-hydrogen) atoms. The van der Waals surface area contributed by atoms with Gasteiger partial charge in [-0.05, 0) is 36.2 Å². The highest BCUT2D eigenvalue weighted by atomic mass is 16.5. The van der Waals surface area contributed by atoms with Gasteiger partial charge in [0.25, 0.3) is 0 Å². The van der Waals surface area contributed by atoms with E-state index in [0.717, 1.165) is 25.1 Å². The van der Waals surface area contributed by atoms with E-state index in [-0.39, 0.29) is 12.7 Å². The van der Waals surface area contributed by atoms with E-state index in [1.165, 1.54) is 5.56 Å². The number of nitrogens with zero attached hydrogens (tertiary/aromatic N) is 1. The Morgan fingerprint density at radius 2 is 1.83 bits per heavy atom. The van der Waals surface area contributed by atoms with Crippen LogP contribution in [0.25, 0.3) is 0 Å². The Morgan fingerprint density at radius 3 is 2.50 bits per heavy atom. The average Bonchev–Trinajstić information content (AvgIpc) is 2.77. The van der Waals surface area contributed by atoms with Crippen LogP contribution in [0.2, 0.25) is 0 Å². The van der Waals surface area contributed by atoms with E-state index in [9.17, 15) is 5.11 Å². The van der Waals surface area contributed by atoms with E-state index < -0.39 is 6.10 Å². The van der Waals surface area contributed by atoms with E-state index in [1.54, 1.807) is 26.4 Å². The summed E-state index contributed by atoms with van der Waals surface area (Å²) >= 11 is 0. The van der Waals surface area contributed by atoms with Gasteiger partial charge in [-0.1, -0.05) is 24.0 Å². The molecule has 1 aliphatic rings. The minimum absolute atomic E-state index is 0.0824. The van der Waals surface area contributed by atoms with Gasteiger partial charge in [-0.2, -0.15) is 0 Å². The molecule has 6 heteroatoms. The molecule has 0 radical (unpaired) electrons. The van der Waals surface area contributed by atoms with Crippen LogP contribution in [0, 0.1) is 11.8 Å². The number of likely N-dealkylation sites (tertiary alicyclic amines) is 1. The number of hydrogen-bond acceptors (Lipinski definition) is 6. The second kappa shape index (κ2) is 10.9.